The Balaban J connectivity index is 2.45. The van der Waals surface area contributed by atoms with Crippen molar-refractivity contribution < 1.29 is 24.2 Å². The second-order valence-electron chi connectivity index (χ2n) is 10.2. The van der Waals surface area contributed by atoms with Crippen LogP contribution >= 0.6 is 0 Å². The van der Waals surface area contributed by atoms with E-state index in [9.17, 15) is 19.5 Å². The predicted molar refractivity (Wildman–Crippen MR) is 144 cm³/mol. The minimum atomic E-state index is -1.26. The van der Waals surface area contributed by atoms with Crippen LogP contribution in [0.5, 0.6) is 0 Å². The van der Waals surface area contributed by atoms with Gasteiger partial charge < -0.3 is 25.4 Å². The highest BCUT2D eigenvalue weighted by Crippen LogP contribution is 2.28. The van der Waals surface area contributed by atoms with Gasteiger partial charge in [-0.3, -0.25) is 9.59 Å². The molecule has 2 aromatic carbocycles. The molecule has 3 N–H and O–H groups in total. The minimum absolute atomic E-state index is 0.276. The number of aliphatic hydroxyl groups excluding tert-OH is 1. The quantitative estimate of drug-likeness (QED) is 0.420. The number of ether oxygens (including phenoxy) is 1. The van der Waals surface area contributed by atoms with Gasteiger partial charge in [0.05, 0.1) is 6.61 Å². The van der Waals surface area contributed by atoms with Gasteiger partial charge in [0, 0.05) is 13.1 Å². The zero-order valence-electron chi connectivity index (χ0n) is 22.8. The zero-order chi connectivity index (χ0) is 27.6. The summed E-state index contributed by atoms with van der Waals surface area (Å²) >= 11 is 0. The first-order valence-corrected chi connectivity index (χ1v) is 12.8. The van der Waals surface area contributed by atoms with E-state index in [0.29, 0.717) is 18.5 Å². The standard InChI is InChI=1S/C29H41N3O5/c1-7-8-17-32(27(35)24(19-33)31-28(36)37-29(4,5)6)25(23-16-12-13-20(2)21(23)3)26(34)30-18-22-14-10-9-11-15-22/h9-16,24-25,33H,7-8,17-19H2,1-6H3,(H,30,34)(H,31,36). The molecule has 8 nitrogen and oxygen atoms in total. The molecule has 0 saturated heterocycles. The molecule has 202 valence electrons. The third kappa shape index (κ3) is 8.89. The van der Waals surface area contributed by atoms with Gasteiger partial charge in [-0.15, -0.1) is 0 Å². The molecule has 0 aliphatic carbocycles. The van der Waals surface area contributed by atoms with Crippen LogP contribution < -0.4 is 10.6 Å². The van der Waals surface area contributed by atoms with Crippen LogP contribution in [0.1, 0.15) is 68.8 Å². The first-order valence-electron chi connectivity index (χ1n) is 12.8. The smallest absolute Gasteiger partial charge is 0.408 e. The number of unbranched alkanes of at least 4 members (excludes halogenated alkanes) is 1. The van der Waals surface area contributed by atoms with Crippen LogP contribution in [0.15, 0.2) is 48.5 Å². The highest BCUT2D eigenvalue weighted by atomic mass is 16.6. The zero-order valence-corrected chi connectivity index (χ0v) is 22.8. The molecule has 0 heterocycles. The van der Waals surface area contributed by atoms with Crippen molar-refractivity contribution in [3.8, 4) is 0 Å². The highest BCUT2D eigenvalue weighted by Gasteiger charge is 2.36. The molecule has 2 aromatic rings. The fourth-order valence-corrected chi connectivity index (χ4v) is 3.93. The number of aliphatic hydroxyl groups is 1. The summed E-state index contributed by atoms with van der Waals surface area (Å²) < 4.78 is 5.28. The van der Waals surface area contributed by atoms with E-state index < -0.39 is 36.3 Å². The lowest BCUT2D eigenvalue weighted by molar-refractivity contribution is -0.143. The van der Waals surface area contributed by atoms with E-state index in [1.54, 1.807) is 20.8 Å². The summed E-state index contributed by atoms with van der Waals surface area (Å²) in [6.07, 6.45) is 0.620. The first kappa shape index (κ1) is 29.8. The molecule has 8 heteroatoms. The molecule has 2 atom stereocenters. The topological polar surface area (TPSA) is 108 Å². The summed E-state index contributed by atoms with van der Waals surface area (Å²) in [6, 6.07) is 13.0. The Labute approximate surface area is 220 Å². The highest BCUT2D eigenvalue weighted by molar-refractivity contribution is 5.92. The molecule has 2 rings (SSSR count). The van der Waals surface area contributed by atoms with Gasteiger partial charge >= 0.3 is 6.09 Å². The monoisotopic (exact) mass is 511 g/mol. The fourth-order valence-electron chi connectivity index (χ4n) is 3.93. The lowest BCUT2D eigenvalue weighted by Gasteiger charge is -2.35. The molecule has 0 aromatic heterocycles. The number of amides is 3. The number of rotatable bonds is 11. The summed E-state index contributed by atoms with van der Waals surface area (Å²) in [5, 5.41) is 15.5. The number of carbonyl (C=O) groups is 3. The van der Waals surface area contributed by atoms with Crippen LogP contribution in [0.4, 0.5) is 4.79 Å². The number of nitrogens with zero attached hydrogens (tertiary/aromatic N) is 1. The second kappa shape index (κ2) is 13.8. The maximum Gasteiger partial charge on any atom is 0.408 e. The van der Waals surface area contributed by atoms with Gasteiger partial charge in [-0.05, 0) is 63.3 Å². The summed E-state index contributed by atoms with van der Waals surface area (Å²) in [6.45, 7) is 11.0. The fraction of sp³-hybridized carbons (Fsp3) is 0.483. The van der Waals surface area contributed by atoms with Crippen LogP contribution in [0, 0.1) is 13.8 Å². The number of carbonyl (C=O) groups excluding carboxylic acids is 3. The maximum atomic E-state index is 13.8. The Morgan fingerprint density at radius 2 is 1.70 bits per heavy atom. The van der Waals surface area contributed by atoms with Crippen LogP contribution in [0.2, 0.25) is 0 Å². The van der Waals surface area contributed by atoms with E-state index in [0.717, 1.165) is 23.1 Å². The van der Waals surface area contributed by atoms with Crippen molar-refractivity contribution in [3.63, 3.8) is 0 Å². The van der Waals surface area contributed by atoms with E-state index in [-0.39, 0.29) is 12.5 Å². The van der Waals surface area contributed by atoms with Crippen LogP contribution in [-0.4, -0.2) is 52.7 Å². The number of hydrogen-bond donors (Lipinski definition) is 3. The van der Waals surface area contributed by atoms with Crippen molar-refractivity contribution in [1.82, 2.24) is 15.5 Å². The van der Waals surface area contributed by atoms with Gasteiger partial charge in [-0.25, -0.2) is 4.79 Å². The Morgan fingerprint density at radius 1 is 1.03 bits per heavy atom. The largest absolute Gasteiger partial charge is 0.444 e. The van der Waals surface area contributed by atoms with Crippen LogP contribution in [0.3, 0.4) is 0 Å². The van der Waals surface area contributed by atoms with E-state index in [2.05, 4.69) is 10.6 Å². The van der Waals surface area contributed by atoms with Crippen LogP contribution in [0.25, 0.3) is 0 Å². The number of alkyl carbamates (subject to hydrolysis) is 1. The second-order valence-corrected chi connectivity index (χ2v) is 10.2. The molecule has 0 saturated carbocycles. The molecule has 0 radical (unpaired) electrons. The molecule has 0 bridgehead atoms. The normalized spacial score (nSPS) is 12.8. The van der Waals surface area contributed by atoms with Crippen molar-refractivity contribution >= 4 is 17.9 Å². The number of hydrogen-bond acceptors (Lipinski definition) is 5. The van der Waals surface area contributed by atoms with Crippen molar-refractivity contribution in [2.75, 3.05) is 13.2 Å². The van der Waals surface area contributed by atoms with E-state index >= 15 is 0 Å². The van der Waals surface area contributed by atoms with Gasteiger partial charge in [0.15, 0.2) is 0 Å². The van der Waals surface area contributed by atoms with Gasteiger partial charge in [0.2, 0.25) is 11.8 Å². The molecule has 0 aliphatic heterocycles. The predicted octanol–water partition coefficient (Wildman–Crippen LogP) is 4.18. The van der Waals surface area contributed by atoms with Crippen molar-refractivity contribution in [2.24, 2.45) is 0 Å². The Hall–Kier alpha value is -3.39. The van der Waals surface area contributed by atoms with Gasteiger partial charge in [-0.2, -0.15) is 0 Å². The summed E-state index contributed by atoms with van der Waals surface area (Å²) in [7, 11) is 0. The van der Waals surface area contributed by atoms with Gasteiger partial charge in [0.1, 0.15) is 17.7 Å². The maximum absolute atomic E-state index is 13.8. The number of nitrogens with one attached hydrogen (secondary N) is 2. The average Bonchev–Trinajstić information content (AvgIpc) is 2.85. The van der Waals surface area contributed by atoms with Crippen molar-refractivity contribution in [1.29, 1.82) is 0 Å². The van der Waals surface area contributed by atoms with Crippen LogP contribution in [-0.2, 0) is 20.9 Å². The minimum Gasteiger partial charge on any atom is -0.444 e. The van der Waals surface area contributed by atoms with Crippen molar-refractivity contribution in [3.05, 3.63) is 70.8 Å². The molecular weight excluding hydrogens is 470 g/mol. The molecular formula is C29H41N3O5. The molecule has 0 fully saturated rings. The van der Waals surface area contributed by atoms with E-state index in [1.807, 2.05) is 69.3 Å². The Morgan fingerprint density at radius 3 is 2.30 bits per heavy atom. The third-order valence-corrected chi connectivity index (χ3v) is 6.02. The molecule has 2 unspecified atom stereocenters. The molecule has 0 spiro atoms. The summed E-state index contributed by atoms with van der Waals surface area (Å²) in [4.78, 5) is 41.4. The average molecular weight is 512 g/mol. The summed E-state index contributed by atoms with van der Waals surface area (Å²) in [5.41, 5.74) is 2.75. The van der Waals surface area contributed by atoms with Gasteiger partial charge in [-0.1, -0.05) is 61.9 Å². The third-order valence-electron chi connectivity index (χ3n) is 6.02. The summed E-state index contributed by atoms with van der Waals surface area (Å²) in [5.74, 6) is -0.890. The van der Waals surface area contributed by atoms with Gasteiger partial charge in [0.25, 0.3) is 0 Å². The Kier molecular flexibility index (Phi) is 11.1. The lowest BCUT2D eigenvalue weighted by Crippen LogP contribution is -2.54. The first-order chi connectivity index (χ1) is 17.5. The lowest BCUT2D eigenvalue weighted by atomic mass is 9.94. The van der Waals surface area contributed by atoms with E-state index in [4.69, 9.17) is 4.74 Å². The molecule has 37 heavy (non-hydrogen) atoms. The number of benzene rings is 2. The van der Waals surface area contributed by atoms with E-state index in [1.165, 1.54) is 4.90 Å². The molecule has 0 aliphatic rings. The SMILES string of the molecule is CCCCN(C(=O)C(CO)NC(=O)OC(C)(C)C)C(C(=O)NCc1ccccc1)c1cccc(C)c1C. The number of aryl methyl sites for hydroxylation is 1. The van der Waals surface area contributed by atoms with Crippen molar-refractivity contribution in [2.45, 2.75) is 78.6 Å². The molecule has 3 amide bonds. The Bertz CT molecular complexity index is 1050.